The van der Waals surface area contributed by atoms with Crippen LogP contribution >= 0.6 is 13.5 Å². The SMILES string of the molecule is COc1ccc(C(C)NCC(F)(F)F)c(N2CCC(COc3cccc([C@@H](CC(=O)O)C4CC4)c3)CC2)c1.S. The van der Waals surface area contributed by atoms with Crippen LogP contribution in [0.2, 0.25) is 0 Å². The number of piperidine rings is 1. The lowest BCUT2D eigenvalue weighted by atomic mass is 9.91. The molecule has 2 aliphatic rings. The monoisotopic (exact) mass is 568 g/mol. The summed E-state index contributed by atoms with van der Waals surface area (Å²) in [6.45, 7) is 2.80. The summed E-state index contributed by atoms with van der Waals surface area (Å²) in [5.74, 6) is 1.49. The van der Waals surface area contributed by atoms with Gasteiger partial charge in [0.1, 0.15) is 11.5 Å². The number of carbonyl (C=O) groups is 1. The molecule has 2 aromatic carbocycles. The molecule has 0 radical (unpaired) electrons. The van der Waals surface area contributed by atoms with Crippen molar-refractivity contribution in [2.45, 2.75) is 57.2 Å². The first-order valence-corrected chi connectivity index (χ1v) is 13.3. The highest BCUT2D eigenvalue weighted by Gasteiger charge is 2.34. The Kier molecular flexibility index (Phi) is 10.8. The zero-order valence-electron chi connectivity index (χ0n) is 22.5. The van der Waals surface area contributed by atoms with Crippen molar-refractivity contribution < 1.29 is 32.5 Å². The van der Waals surface area contributed by atoms with E-state index in [0.29, 0.717) is 24.2 Å². The maximum Gasteiger partial charge on any atom is 0.401 e. The number of hydrogen-bond acceptors (Lipinski definition) is 5. The molecular formula is C29H39F3N2O4S. The summed E-state index contributed by atoms with van der Waals surface area (Å²) in [5.41, 5.74) is 2.73. The van der Waals surface area contributed by atoms with Gasteiger partial charge in [0.05, 0.1) is 26.7 Å². The molecular weight excluding hydrogens is 529 g/mol. The minimum absolute atomic E-state index is 0. The van der Waals surface area contributed by atoms with Crippen LogP contribution in [0, 0.1) is 11.8 Å². The number of methoxy groups -OCH3 is 1. The topological polar surface area (TPSA) is 71.0 Å². The number of nitrogens with one attached hydrogen (secondary N) is 1. The van der Waals surface area contributed by atoms with E-state index in [-0.39, 0.29) is 25.8 Å². The van der Waals surface area contributed by atoms with Crippen LogP contribution in [0.25, 0.3) is 0 Å². The van der Waals surface area contributed by atoms with Gasteiger partial charge in [-0.25, -0.2) is 0 Å². The first kappa shape index (κ1) is 30.9. The minimum atomic E-state index is -4.27. The fourth-order valence-corrected chi connectivity index (χ4v) is 5.30. The predicted octanol–water partition coefficient (Wildman–Crippen LogP) is 6.28. The molecule has 1 unspecified atom stereocenters. The van der Waals surface area contributed by atoms with Gasteiger partial charge in [-0.2, -0.15) is 26.7 Å². The van der Waals surface area contributed by atoms with Crippen molar-refractivity contribution in [3.63, 3.8) is 0 Å². The standard InChI is InChI=1S/C29H37F3N2O4.H2S/c1-19(33-18-29(30,31)32)25-9-8-23(37-2)15-27(25)34-12-10-20(11-13-34)17-38-24-5-3-4-22(14-24)26(16-28(35)36)21-6-7-21;/h3-5,8-9,14-15,19-21,26,33H,6-7,10-13,16-18H2,1-2H3,(H,35,36);1H2/t19?,26-;/m0./s1. The van der Waals surface area contributed by atoms with Crippen LogP contribution in [0.4, 0.5) is 18.9 Å². The summed E-state index contributed by atoms with van der Waals surface area (Å²) in [6.07, 6.45) is -0.187. The second-order valence-corrected chi connectivity index (χ2v) is 10.5. The summed E-state index contributed by atoms with van der Waals surface area (Å²) < 4.78 is 49.8. The van der Waals surface area contributed by atoms with Crippen LogP contribution in [0.1, 0.15) is 62.1 Å². The fourth-order valence-electron chi connectivity index (χ4n) is 5.30. The molecule has 1 aliphatic heterocycles. The highest BCUT2D eigenvalue weighted by atomic mass is 32.1. The van der Waals surface area contributed by atoms with Crippen molar-refractivity contribution in [1.82, 2.24) is 5.32 Å². The van der Waals surface area contributed by atoms with Gasteiger partial charge in [-0.15, -0.1) is 0 Å². The van der Waals surface area contributed by atoms with Crippen molar-refractivity contribution in [2.75, 3.05) is 38.3 Å². The number of alkyl halides is 3. The van der Waals surface area contributed by atoms with E-state index in [4.69, 9.17) is 9.47 Å². The van der Waals surface area contributed by atoms with Gasteiger partial charge in [0, 0.05) is 30.9 Å². The van der Waals surface area contributed by atoms with Gasteiger partial charge in [0.2, 0.25) is 0 Å². The van der Waals surface area contributed by atoms with Crippen LogP contribution in [0.3, 0.4) is 0 Å². The third kappa shape index (κ3) is 8.96. The zero-order valence-corrected chi connectivity index (χ0v) is 23.5. The van der Waals surface area contributed by atoms with Gasteiger partial charge in [-0.05, 0) is 79.7 Å². The Bertz CT molecular complexity index is 1090. The van der Waals surface area contributed by atoms with Crippen LogP contribution in [-0.4, -0.2) is 50.6 Å². The molecule has 2 atom stereocenters. The molecule has 1 saturated carbocycles. The second-order valence-electron chi connectivity index (χ2n) is 10.5. The lowest BCUT2D eigenvalue weighted by Crippen LogP contribution is -2.37. The van der Waals surface area contributed by atoms with Crippen molar-refractivity contribution in [3.8, 4) is 11.5 Å². The minimum Gasteiger partial charge on any atom is -0.497 e. The molecule has 10 heteroatoms. The number of halogens is 3. The summed E-state index contributed by atoms with van der Waals surface area (Å²) in [7, 11) is 1.58. The predicted molar refractivity (Wildman–Crippen MR) is 150 cm³/mol. The van der Waals surface area contributed by atoms with E-state index in [9.17, 15) is 23.1 Å². The average Bonchev–Trinajstić information content (AvgIpc) is 3.74. The first-order chi connectivity index (χ1) is 18.1. The molecule has 0 bridgehead atoms. The van der Waals surface area contributed by atoms with Crippen LogP contribution in [0.5, 0.6) is 11.5 Å². The van der Waals surface area contributed by atoms with E-state index >= 15 is 0 Å². The number of anilines is 1. The van der Waals surface area contributed by atoms with Crippen molar-refractivity contribution in [2.24, 2.45) is 11.8 Å². The van der Waals surface area contributed by atoms with E-state index in [2.05, 4.69) is 10.2 Å². The normalized spacial score (nSPS) is 17.7. The van der Waals surface area contributed by atoms with Crippen molar-refractivity contribution in [3.05, 3.63) is 53.6 Å². The van der Waals surface area contributed by atoms with Crippen LogP contribution in [-0.2, 0) is 4.79 Å². The Morgan fingerprint density at radius 2 is 1.82 bits per heavy atom. The van der Waals surface area contributed by atoms with E-state index in [1.807, 2.05) is 36.4 Å². The molecule has 39 heavy (non-hydrogen) atoms. The van der Waals surface area contributed by atoms with E-state index in [1.165, 1.54) is 0 Å². The maximum atomic E-state index is 12.8. The molecule has 216 valence electrons. The molecule has 1 saturated heterocycles. The van der Waals surface area contributed by atoms with E-state index < -0.39 is 24.7 Å². The maximum absolute atomic E-state index is 12.8. The molecule has 1 aliphatic carbocycles. The van der Waals surface area contributed by atoms with E-state index in [1.54, 1.807) is 20.1 Å². The van der Waals surface area contributed by atoms with Gasteiger partial charge in [-0.3, -0.25) is 4.79 Å². The molecule has 2 N–H and O–H groups in total. The van der Waals surface area contributed by atoms with E-state index in [0.717, 1.165) is 61.3 Å². The Balaban J connectivity index is 0.00000420. The molecule has 0 spiro atoms. The van der Waals surface area contributed by atoms with Gasteiger partial charge < -0.3 is 24.8 Å². The summed E-state index contributed by atoms with van der Waals surface area (Å²) in [5, 5.41) is 11.9. The van der Waals surface area contributed by atoms with Gasteiger partial charge >= 0.3 is 12.1 Å². The van der Waals surface area contributed by atoms with Gasteiger partial charge in [0.15, 0.2) is 0 Å². The molecule has 6 nitrogen and oxygen atoms in total. The number of carboxylic acids is 1. The Labute approximate surface area is 235 Å². The summed E-state index contributed by atoms with van der Waals surface area (Å²) in [6, 6.07) is 12.9. The summed E-state index contributed by atoms with van der Waals surface area (Å²) >= 11 is 0. The van der Waals surface area contributed by atoms with Gasteiger partial charge in [-0.1, -0.05) is 18.2 Å². The fraction of sp³-hybridized carbons (Fsp3) is 0.552. The first-order valence-electron chi connectivity index (χ1n) is 13.3. The van der Waals surface area contributed by atoms with Crippen molar-refractivity contribution in [1.29, 1.82) is 0 Å². The Morgan fingerprint density at radius 3 is 2.44 bits per heavy atom. The number of hydrogen-bond donors (Lipinski definition) is 2. The molecule has 2 aromatic rings. The third-order valence-corrected chi connectivity index (χ3v) is 7.63. The van der Waals surface area contributed by atoms with Crippen molar-refractivity contribution >= 4 is 25.2 Å². The number of aliphatic carboxylic acids is 1. The largest absolute Gasteiger partial charge is 0.497 e. The van der Waals surface area contributed by atoms with Crippen LogP contribution < -0.4 is 19.7 Å². The molecule has 1 heterocycles. The smallest absolute Gasteiger partial charge is 0.401 e. The quantitative estimate of drug-likeness (QED) is 0.314. The number of rotatable bonds is 12. The molecule has 0 amide bonds. The lowest BCUT2D eigenvalue weighted by Gasteiger charge is -2.36. The summed E-state index contributed by atoms with van der Waals surface area (Å²) in [4.78, 5) is 13.6. The molecule has 2 fully saturated rings. The Hall–Kier alpha value is -2.59. The number of nitrogens with zero attached hydrogens (tertiary/aromatic N) is 1. The third-order valence-electron chi connectivity index (χ3n) is 7.63. The lowest BCUT2D eigenvalue weighted by molar-refractivity contribution is -0.137. The van der Waals surface area contributed by atoms with Gasteiger partial charge in [0.25, 0.3) is 0 Å². The number of benzene rings is 2. The number of ether oxygens (including phenoxy) is 2. The number of carboxylic acid groups (broad SMARTS) is 1. The average molecular weight is 569 g/mol. The molecule has 4 rings (SSSR count). The molecule has 0 aromatic heterocycles. The highest BCUT2D eigenvalue weighted by molar-refractivity contribution is 7.59. The Morgan fingerprint density at radius 1 is 1.10 bits per heavy atom. The van der Waals surface area contributed by atoms with Crippen LogP contribution in [0.15, 0.2) is 42.5 Å². The zero-order chi connectivity index (χ0) is 27.3. The second kappa shape index (κ2) is 13.7. The highest BCUT2D eigenvalue weighted by Crippen LogP contribution is 2.45.